The summed E-state index contributed by atoms with van der Waals surface area (Å²) in [4.78, 5) is 61.4. The van der Waals surface area contributed by atoms with Crippen LogP contribution in [0.15, 0.2) is 24.3 Å². The van der Waals surface area contributed by atoms with Crippen LogP contribution in [-0.2, 0) is 30.4 Å². The molecule has 0 heterocycles. The largest absolute Gasteiger partial charge is 0.508 e. The number of nitrogens with one attached hydrogen (secondary N) is 3. The highest BCUT2D eigenvalue weighted by Gasteiger charge is 2.31. The summed E-state index contributed by atoms with van der Waals surface area (Å²) in [6.45, 7) is 0.347. The van der Waals surface area contributed by atoms with Crippen molar-refractivity contribution in [1.29, 1.82) is 0 Å². The zero-order valence-corrected chi connectivity index (χ0v) is 22.0. The van der Waals surface area contributed by atoms with Crippen molar-refractivity contribution in [3.8, 4) is 5.75 Å². The summed E-state index contributed by atoms with van der Waals surface area (Å²) in [5.41, 5.74) is 12.1. The van der Waals surface area contributed by atoms with Crippen molar-refractivity contribution in [1.82, 2.24) is 16.0 Å². The van der Waals surface area contributed by atoms with E-state index in [1.165, 1.54) is 23.9 Å². The Balaban J connectivity index is 2.93. The molecule has 0 aromatic heterocycles. The molecule has 1 rings (SSSR count). The van der Waals surface area contributed by atoms with Crippen LogP contribution in [0.1, 0.15) is 37.7 Å². The van der Waals surface area contributed by atoms with Crippen LogP contribution in [0.2, 0.25) is 0 Å². The molecule has 14 heteroatoms. The number of carbonyl (C=O) groups excluding carboxylic acids is 3. The zero-order chi connectivity index (χ0) is 28.7. The van der Waals surface area contributed by atoms with Gasteiger partial charge in [0.2, 0.25) is 17.7 Å². The number of aromatic hydroxyl groups is 1. The Hall–Kier alpha value is -3.36. The molecule has 1 aromatic rings. The normalized spacial score (nSPS) is 14.0. The first-order valence-electron chi connectivity index (χ1n) is 12.1. The van der Waals surface area contributed by atoms with Gasteiger partial charge in [-0.3, -0.25) is 19.2 Å². The molecule has 0 aliphatic carbocycles. The first kappa shape index (κ1) is 32.7. The average molecular weight is 556 g/mol. The van der Waals surface area contributed by atoms with Crippen molar-refractivity contribution in [2.24, 2.45) is 11.5 Å². The van der Waals surface area contributed by atoms with Crippen LogP contribution in [0.25, 0.3) is 0 Å². The van der Waals surface area contributed by atoms with E-state index in [-0.39, 0.29) is 25.0 Å². The number of aliphatic carboxylic acids is 2. The van der Waals surface area contributed by atoms with E-state index in [0.29, 0.717) is 30.7 Å². The van der Waals surface area contributed by atoms with E-state index in [9.17, 15) is 39.3 Å². The standard InChI is InChI=1S/C24H37N5O8S/c1-38-11-9-17(27-21(33)16(26)12-14-5-7-15(30)8-6-14)22(34)29-19(13-20(31)32)23(35)28-18(24(36)37)4-2-3-10-25/h5-8,16-19,30H,2-4,9-13,25-26H2,1H3,(H,27,33)(H,28,35)(H,29,34)(H,31,32)(H,36,37). The van der Waals surface area contributed by atoms with Gasteiger partial charge in [-0.2, -0.15) is 11.8 Å². The molecule has 0 saturated heterocycles. The third-order valence-electron chi connectivity index (χ3n) is 5.55. The first-order valence-corrected chi connectivity index (χ1v) is 13.5. The number of benzene rings is 1. The molecular weight excluding hydrogens is 518 g/mol. The summed E-state index contributed by atoms with van der Waals surface area (Å²) in [5.74, 6) is -4.58. The van der Waals surface area contributed by atoms with Crippen LogP contribution >= 0.6 is 11.8 Å². The van der Waals surface area contributed by atoms with Gasteiger partial charge in [0.15, 0.2) is 0 Å². The second-order valence-electron chi connectivity index (χ2n) is 8.66. The molecule has 4 atom stereocenters. The molecular formula is C24H37N5O8S. The molecule has 0 aliphatic rings. The molecule has 10 N–H and O–H groups in total. The van der Waals surface area contributed by atoms with E-state index < -0.39 is 60.2 Å². The molecule has 212 valence electrons. The number of thioether (sulfide) groups is 1. The van der Waals surface area contributed by atoms with Crippen molar-refractivity contribution >= 4 is 41.4 Å². The predicted molar refractivity (Wildman–Crippen MR) is 141 cm³/mol. The van der Waals surface area contributed by atoms with E-state index in [1.54, 1.807) is 18.4 Å². The number of nitrogens with two attached hydrogens (primary N) is 2. The fraction of sp³-hybridized carbons (Fsp3) is 0.542. The molecule has 13 nitrogen and oxygen atoms in total. The molecule has 0 bridgehead atoms. The lowest BCUT2D eigenvalue weighted by molar-refractivity contribution is -0.143. The van der Waals surface area contributed by atoms with E-state index in [4.69, 9.17) is 11.5 Å². The van der Waals surface area contributed by atoms with Crippen LogP contribution in [-0.4, -0.2) is 87.7 Å². The summed E-state index contributed by atoms with van der Waals surface area (Å²) in [6, 6.07) is 1.12. The topological polar surface area (TPSA) is 234 Å². The van der Waals surface area contributed by atoms with Gasteiger partial charge in [-0.25, -0.2) is 4.79 Å². The average Bonchev–Trinajstić information content (AvgIpc) is 2.86. The van der Waals surface area contributed by atoms with Crippen molar-refractivity contribution in [2.75, 3.05) is 18.6 Å². The lowest BCUT2D eigenvalue weighted by Gasteiger charge is -2.24. The summed E-state index contributed by atoms with van der Waals surface area (Å²) >= 11 is 1.41. The second-order valence-corrected chi connectivity index (χ2v) is 9.65. The van der Waals surface area contributed by atoms with Crippen molar-refractivity contribution in [2.45, 2.75) is 62.7 Å². The first-order chi connectivity index (χ1) is 18.0. The van der Waals surface area contributed by atoms with Gasteiger partial charge < -0.3 is 42.7 Å². The van der Waals surface area contributed by atoms with Crippen molar-refractivity contribution in [3.05, 3.63) is 29.8 Å². The lowest BCUT2D eigenvalue weighted by Crippen LogP contribution is -2.57. The van der Waals surface area contributed by atoms with Gasteiger partial charge in [-0.15, -0.1) is 0 Å². The molecule has 38 heavy (non-hydrogen) atoms. The predicted octanol–water partition coefficient (Wildman–Crippen LogP) is -0.842. The molecule has 0 aliphatic heterocycles. The van der Waals surface area contributed by atoms with E-state index in [0.717, 1.165) is 0 Å². The quantitative estimate of drug-likeness (QED) is 0.104. The highest BCUT2D eigenvalue weighted by molar-refractivity contribution is 7.98. The molecule has 0 radical (unpaired) electrons. The molecule has 1 aromatic carbocycles. The monoisotopic (exact) mass is 555 g/mol. The Bertz CT molecular complexity index is 946. The minimum atomic E-state index is -1.57. The number of phenolic OH excluding ortho intramolecular Hbond substituents is 1. The molecule has 4 unspecified atom stereocenters. The summed E-state index contributed by atoms with van der Waals surface area (Å²) in [5, 5.41) is 35.2. The van der Waals surface area contributed by atoms with Gasteiger partial charge in [0.25, 0.3) is 0 Å². The van der Waals surface area contributed by atoms with Crippen LogP contribution in [0, 0.1) is 0 Å². The maximum absolute atomic E-state index is 13.0. The molecule has 0 spiro atoms. The number of carboxylic acids is 2. The van der Waals surface area contributed by atoms with Crippen LogP contribution < -0.4 is 27.4 Å². The minimum Gasteiger partial charge on any atom is -0.508 e. The summed E-state index contributed by atoms with van der Waals surface area (Å²) < 4.78 is 0. The number of hydrogen-bond donors (Lipinski definition) is 8. The number of amides is 3. The Morgan fingerprint density at radius 3 is 2.00 bits per heavy atom. The molecule has 0 fully saturated rings. The second kappa shape index (κ2) is 17.2. The zero-order valence-electron chi connectivity index (χ0n) is 21.2. The van der Waals surface area contributed by atoms with Gasteiger partial charge in [-0.05, 0) is 68.4 Å². The maximum Gasteiger partial charge on any atom is 0.326 e. The Labute approximate surface area is 225 Å². The Kier molecular flexibility index (Phi) is 14.8. The van der Waals surface area contributed by atoms with Crippen molar-refractivity contribution in [3.63, 3.8) is 0 Å². The van der Waals surface area contributed by atoms with Crippen molar-refractivity contribution < 1.29 is 39.3 Å². The van der Waals surface area contributed by atoms with E-state index in [2.05, 4.69) is 16.0 Å². The van der Waals surface area contributed by atoms with Gasteiger partial charge >= 0.3 is 11.9 Å². The highest BCUT2D eigenvalue weighted by atomic mass is 32.2. The number of carboxylic acid groups (broad SMARTS) is 2. The van der Waals surface area contributed by atoms with Gasteiger partial charge in [0.05, 0.1) is 12.5 Å². The van der Waals surface area contributed by atoms with Gasteiger partial charge in [0.1, 0.15) is 23.9 Å². The number of unbranched alkanes of at least 4 members (excludes halogenated alkanes) is 1. The number of carbonyl (C=O) groups is 5. The lowest BCUT2D eigenvalue weighted by atomic mass is 10.0. The Morgan fingerprint density at radius 1 is 0.868 bits per heavy atom. The van der Waals surface area contributed by atoms with Gasteiger partial charge in [0, 0.05) is 0 Å². The molecule has 0 saturated carbocycles. The number of phenols is 1. The fourth-order valence-corrected chi connectivity index (χ4v) is 3.91. The maximum atomic E-state index is 13.0. The van der Waals surface area contributed by atoms with Crippen LogP contribution in [0.5, 0.6) is 5.75 Å². The SMILES string of the molecule is CSCCC(NC(=O)C(N)Cc1ccc(O)cc1)C(=O)NC(CC(=O)O)C(=O)NC(CCCCN)C(=O)O. The number of rotatable bonds is 18. The van der Waals surface area contributed by atoms with E-state index >= 15 is 0 Å². The van der Waals surface area contributed by atoms with E-state index in [1.807, 2.05) is 0 Å². The summed E-state index contributed by atoms with van der Waals surface area (Å²) in [7, 11) is 0. The van der Waals surface area contributed by atoms with Gasteiger partial charge in [-0.1, -0.05) is 12.1 Å². The fourth-order valence-electron chi connectivity index (χ4n) is 3.44. The number of hydrogen-bond acceptors (Lipinski definition) is 9. The van der Waals surface area contributed by atoms with Crippen LogP contribution in [0.3, 0.4) is 0 Å². The third-order valence-corrected chi connectivity index (χ3v) is 6.19. The minimum absolute atomic E-state index is 0.0609. The highest BCUT2D eigenvalue weighted by Crippen LogP contribution is 2.11. The molecule has 3 amide bonds. The Morgan fingerprint density at radius 2 is 1.45 bits per heavy atom. The van der Waals surface area contributed by atoms with Crippen LogP contribution in [0.4, 0.5) is 0 Å². The summed E-state index contributed by atoms with van der Waals surface area (Å²) in [6.07, 6.45) is 2.35. The third kappa shape index (κ3) is 12.3. The smallest absolute Gasteiger partial charge is 0.326 e.